The Kier molecular flexibility index (Phi) is 5.74. The third-order valence-electron chi connectivity index (χ3n) is 5.16. The second-order valence-corrected chi connectivity index (χ2v) is 6.86. The lowest BCUT2D eigenvalue weighted by atomic mass is 9.95. The molecule has 1 atom stereocenters. The van der Waals surface area contributed by atoms with Gasteiger partial charge in [-0.3, -0.25) is 19.3 Å². The van der Waals surface area contributed by atoms with E-state index in [1.54, 1.807) is 11.8 Å². The minimum atomic E-state index is -4.67. The summed E-state index contributed by atoms with van der Waals surface area (Å²) < 4.78 is 44.9. The third kappa shape index (κ3) is 3.89. The molecule has 0 N–H and O–H groups in total. The normalized spacial score (nSPS) is 22.0. The quantitative estimate of drug-likeness (QED) is 0.576. The first-order valence-electron chi connectivity index (χ1n) is 9.17. The zero-order chi connectivity index (χ0) is 20.5. The highest BCUT2D eigenvalue weighted by Gasteiger charge is 2.46. The van der Waals surface area contributed by atoms with Crippen LogP contribution in [0, 0.1) is 5.92 Å². The molecule has 2 heterocycles. The number of rotatable bonds is 4. The molecule has 0 radical (unpaired) electrons. The molecular formula is C19H21F3N2O4. The standard InChI is InChI=1S/C19H21F3N2O4/c1-2-28-18(27)12-7-9-23(10-8-12)15-11-16(25)24(17(15)26)14-6-4-3-5-13(14)19(20,21)22/h3-6,12,15H,2,7-11H2,1H3/t15-/m1/s1. The van der Waals surface area contributed by atoms with E-state index in [0.29, 0.717) is 37.4 Å². The van der Waals surface area contributed by atoms with Gasteiger partial charge in [0.15, 0.2) is 0 Å². The van der Waals surface area contributed by atoms with Crippen molar-refractivity contribution in [3.8, 4) is 0 Å². The second-order valence-electron chi connectivity index (χ2n) is 6.86. The number of benzene rings is 1. The molecule has 3 rings (SSSR count). The smallest absolute Gasteiger partial charge is 0.418 e. The van der Waals surface area contributed by atoms with Crippen LogP contribution in [0.3, 0.4) is 0 Å². The molecule has 2 aliphatic rings. The number of carbonyl (C=O) groups is 3. The van der Waals surface area contributed by atoms with Gasteiger partial charge in [0.05, 0.1) is 36.2 Å². The monoisotopic (exact) mass is 398 g/mol. The minimum Gasteiger partial charge on any atom is -0.466 e. The predicted octanol–water partition coefficient (Wildman–Crippen LogP) is 2.61. The lowest BCUT2D eigenvalue weighted by Gasteiger charge is -2.33. The number of anilines is 1. The lowest BCUT2D eigenvalue weighted by molar-refractivity contribution is -0.150. The van der Waals surface area contributed by atoms with Crippen molar-refractivity contribution in [2.45, 2.75) is 38.4 Å². The Balaban J connectivity index is 1.75. The number of hydrogen-bond donors (Lipinski definition) is 0. The molecule has 6 nitrogen and oxygen atoms in total. The fourth-order valence-electron chi connectivity index (χ4n) is 3.77. The van der Waals surface area contributed by atoms with Crippen LogP contribution in [-0.2, 0) is 25.3 Å². The van der Waals surface area contributed by atoms with Gasteiger partial charge in [-0.1, -0.05) is 12.1 Å². The predicted molar refractivity (Wildman–Crippen MR) is 93.3 cm³/mol. The number of nitrogens with zero attached hydrogens (tertiary/aromatic N) is 2. The van der Waals surface area contributed by atoms with Crippen LogP contribution < -0.4 is 4.90 Å². The van der Waals surface area contributed by atoms with Gasteiger partial charge in [0.25, 0.3) is 5.91 Å². The molecule has 0 aromatic heterocycles. The van der Waals surface area contributed by atoms with Gasteiger partial charge in [-0.2, -0.15) is 13.2 Å². The summed E-state index contributed by atoms with van der Waals surface area (Å²) in [5.41, 5.74) is -1.45. The van der Waals surface area contributed by atoms with E-state index in [2.05, 4.69) is 0 Å². The highest BCUT2D eigenvalue weighted by Crippen LogP contribution is 2.39. The first-order chi connectivity index (χ1) is 13.2. The maximum Gasteiger partial charge on any atom is 0.418 e. The number of amides is 2. The van der Waals surface area contributed by atoms with E-state index in [4.69, 9.17) is 4.74 Å². The average Bonchev–Trinajstić information content (AvgIpc) is 2.95. The zero-order valence-corrected chi connectivity index (χ0v) is 15.4. The van der Waals surface area contributed by atoms with Crippen molar-refractivity contribution < 1.29 is 32.3 Å². The van der Waals surface area contributed by atoms with Crippen LogP contribution in [0.25, 0.3) is 0 Å². The summed E-state index contributed by atoms with van der Waals surface area (Å²) in [7, 11) is 0. The molecule has 2 aliphatic heterocycles. The van der Waals surface area contributed by atoms with E-state index < -0.39 is 35.3 Å². The molecule has 0 spiro atoms. The SMILES string of the molecule is CCOC(=O)C1CCN([C@@H]2CC(=O)N(c3ccccc3C(F)(F)F)C2=O)CC1. The fraction of sp³-hybridized carbons (Fsp3) is 0.526. The van der Waals surface area contributed by atoms with E-state index in [1.165, 1.54) is 12.1 Å². The van der Waals surface area contributed by atoms with Gasteiger partial charge in [0, 0.05) is 0 Å². The summed E-state index contributed by atoms with van der Waals surface area (Å²) in [5, 5.41) is 0. The van der Waals surface area contributed by atoms with E-state index in [1.807, 2.05) is 0 Å². The highest BCUT2D eigenvalue weighted by molar-refractivity contribution is 6.22. The van der Waals surface area contributed by atoms with Crippen LogP contribution >= 0.6 is 0 Å². The maximum atomic E-state index is 13.3. The number of para-hydroxylation sites is 1. The number of ether oxygens (including phenoxy) is 1. The van der Waals surface area contributed by atoms with Crippen molar-refractivity contribution >= 4 is 23.5 Å². The number of alkyl halides is 3. The molecule has 2 fully saturated rings. The topological polar surface area (TPSA) is 66.9 Å². The molecule has 0 saturated carbocycles. The van der Waals surface area contributed by atoms with Gasteiger partial charge in [0.1, 0.15) is 0 Å². The number of imide groups is 1. The molecule has 152 valence electrons. The van der Waals surface area contributed by atoms with Crippen molar-refractivity contribution in [2.75, 3.05) is 24.6 Å². The van der Waals surface area contributed by atoms with Crippen molar-refractivity contribution in [1.82, 2.24) is 4.90 Å². The average molecular weight is 398 g/mol. The number of piperidine rings is 1. The van der Waals surface area contributed by atoms with Crippen LogP contribution in [0.4, 0.5) is 18.9 Å². The molecule has 0 aliphatic carbocycles. The molecule has 1 aromatic rings. The fourth-order valence-corrected chi connectivity index (χ4v) is 3.77. The first-order valence-corrected chi connectivity index (χ1v) is 9.17. The van der Waals surface area contributed by atoms with Gasteiger partial charge >= 0.3 is 12.1 Å². The van der Waals surface area contributed by atoms with Gasteiger partial charge in [0.2, 0.25) is 5.91 Å². The first kappa shape index (κ1) is 20.3. The molecule has 2 amide bonds. The Morgan fingerprint density at radius 1 is 1.18 bits per heavy atom. The number of esters is 1. The number of hydrogen-bond acceptors (Lipinski definition) is 5. The summed E-state index contributed by atoms with van der Waals surface area (Å²) in [5.74, 6) is -1.85. The number of likely N-dealkylation sites (tertiary alicyclic amines) is 1. The molecule has 1 aromatic carbocycles. The van der Waals surface area contributed by atoms with E-state index in [0.717, 1.165) is 12.1 Å². The molecular weight excluding hydrogens is 377 g/mol. The van der Waals surface area contributed by atoms with Crippen LogP contribution in [0.15, 0.2) is 24.3 Å². The molecule has 28 heavy (non-hydrogen) atoms. The summed E-state index contributed by atoms with van der Waals surface area (Å²) in [4.78, 5) is 39.5. The van der Waals surface area contributed by atoms with Crippen LogP contribution in [-0.4, -0.2) is 48.4 Å². The lowest BCUT2D eigenvalue weighted by Crippen LogP contribution is -2.47. The van der Waals surface area contributed by atoms with Crippen molar-refractivity contribution in [3.05, 3.63) is 29.8 Å². The molecule has 9 heteroatoms. The Bertz CT molecular complexity index is 773. The van der Waals surface area contributed by atoms with E-state index >= 15 is 0 Å². The second kappa shape index (κ2) is 7.90. The van der Waals surface area contributed by atoms with Gasteiger partial charge in [-0.15, -0.1) is 0 Å². The summed E-state index contributed by atoms with van der Waals surface area (Å²) >= 11 is 0. The van der Waals surface area contributed by atoms with Crippen molar-refractivity contribution in [2.24, 2.45) is 5.92 Å². The summed E-state index contributed by atoms with van der Waals surface area (Å²) in [6.07, 6.45) is -3.88. The molecule has 0 unspecified atom stereocenters. The molecule has 2 saturated heterocycles. The Hall–Kier alpha value is -2.42. The molecule has 0 bridgehead atoms. The Labute approximate surface area is 160 Å². The largest absolute Gasteiger partial charge is 0.466 e. The van der Waals surface area contributed by atoms with Gasteiger partial charge in [-0.05, 0) is 45.0 Å². The minimum absolute atomic E-state index is 0.172. The van der Waals surface area contributed by atoms with Crippen molar-refractivity contribution in [1.29, 1.82) is 0 Å². The zero-order valence-electron chi connectivity index (χ0n) is 15.4. The van der Waals surface area contributed by atoms with Crippen LogP contribution in [0.1, 0.15) is 31.7 Å². The van der Waals surface area contributed by atoms with Crippen molar-refractivity contribution in [3.63, 3.8) is 0 Å². The summed E-state index contributed by atoms with van der Waals surface area (Å²) in [6, 6.07) is 3.76. The Morgan fingerprint density at radius 2 is 1.82 bits per heavy atom. The Morgan fingerprint density at radius 3 is 2.43 bits per heavy atom. The highest BCUT2D eigenvalue weighted by atomic mass is 19.4. The van der Waals surface area contributed by atoms with Crippen LogP contribution in [0.2, 0.25) is 0 Å². The number of carbonyl (C=O) groups excluding carboxylic acids is 3. The van der Waals surface area contributed by atoms with Gasteiger partial charge < -0.3 is 4.74 Å². The van der Waals surface area contributed by atoms with Crippen LogP contribution in [0.5, 0.6) is 0 Å². The summed E-state index contributed by atoms with van der Waals surface area (Å²) in [6.45, 7) is 2.83. The van der Waals surface area contributed by atoms with E-state index in [-0.39, 0.29) is 18.3 Å². The number of halogens is 3. The van der Waals surface area contributed by atoms with E-state index in [9.17, 15) is 27.6 Å². The third-order valence-corrected chi connectivity index (χ3v) is 5.16. The maximum absolute atomic E-state index is 13.3. The van der Waals surface area contributed by atoms with Gasteiger partial charge in [-0.25, -0.2) is 4.90 Å².